The van der Waals surface area contributed by atoms with Gasteiger partial charge < -0.3 is 10.4 Å². The third kappa shape index (κ3) is 2.96. The number of nitrogens with one attached hydrogen (secondary N) is 1. The van der Waals surface area contributed by atoms with E-state index in [0.29, 0.717) is 18.4 Å². The van der Waals surface area contributed by atoms with Crippen molar-refractivity contribution in [1.29, 1.82) is 0 Å². The van der Waals surface area contributed by atoms with Crippen LogP contribution in [-0.4, -0.2) is 28.1 Å². The topological polar surface area (TPSA) is 92.5 Å². The second-order valence-corrected chi connectivity index (χ2v) is 5.16. The number of benzene rings is 1. The normalized spacial score (nSPS) is 22.3. The van der Waals surface area contributed by atoms with Gasteiger partial charge in [0.25, 0.3) is 11.6 Å². The molecule has 0 saturated heterocycles. The first-order valence-electron chi connectivity index (χ1n) is 6.73. The maximum Gasteiger partial charge on any atom is 0.285 e. The number of nitrogens with zero attached hydrogens (tertiary/aromatic N) is 1. The van der Waals surface area contributed by atoms with Crippen LogP contribution >= 0.6 is 0 Å². The summed E-state index contributed by atoms with van der Waals surface area (Å²) in [7, 11) is 0. The van der Waals surface area contributed by atoms with Crippen LogP contribution in [0.4, 0.5) is 5.69 Å². The molecule has 0 heterocycles. The van der Waals surface area contributed by atoms with Gasteiger partial charge in [-0.25, -0.2) is 0 Å². The van der Waals surface area contributed by atoms with Crippen molar-refractivity contribution in [2.75, 3.05) is 0 Å². The molecule has 0 radical (unpaired) electrons. The minimum absolute atomic E-state index is 0.0489. The predicted molar refractivity (Wildman–Crippen MR) is 73.6 cm³/mol. The third-order valence-corrected chi connectivity index (χ3v) is 3.71. The molecule has 0 spiro atoms. The van der Waals surface area contributed by atoms with E-state index >= 15 is 0 Å². The minimum Gasteiger partial charge on any atom is -0.391 e. The van der Waals surface area contributed by atoms with E-state index in [0.717, 1.165) is 12.8 Å². The van der Waals surface area contributed by atoms with Gasteiger partial charge in [-0.15, -0.1) is 0 Å². The second-order valence-electron chi connectivity index (χ2n) is 5.16. The predicted octanol–water partition coefficient (Wildman–Crippen LogP) is 1.94. The lowest BCUT2D eigenvalue weighted by atomic mass is 9.92. The van der Waals surface area contributed by atoms with Gasteiger partial charge >= 0.3 is 0 Å². The summed E-state index contributed by atoms with van der Waals surface area (Å²) in [6, 6.07) is 4.34. The van der Waals surface area contributed by atoms with Crippen LogP contribution in [0.15, 0.2) is 18.2 Å². The highest BCUT2D eigenvalue weighted by atomic mass is 16.6. The molecule has 20 heavy (non-hydrogen) atoms. The highest BCUT2D eigenvalue weighted by Gasteiger charge is 2.28. The molecule has 1 aliphatic carbocycles. The van der Waals surface area contributed by atoms with Crippen molar-refractivity contribution >= 4 is 11.6 Å². The van der Waals surface area contributed by atoms with E-state index in [-0.39, 0.29) is 17.3 Å². The third-order valence-electron chi connectivity index (χ3n) is 3.71. The summed E-state index contributed by atoms with van der Waals surface area (Å²) >= 11 is 0. The molecule has 0 unspecified atom stereocenters. The summed E-state index contributed by atoms with van der Waals surface area (Å²) in [5.74, 6) is -0.494. The van der Waals surface area contributed by atoms with Crippen LogP contribution in [0.1, 0.15) is 41.6 Å². The smallest absolute Gasteiger partial charge is 0.285 e. The average Bonchev–Trinajstić information content (AvgIpc) is 2.40. The van der Waals surface area contributed by atoms with Gasteiger partial charge in [-0.1, -0.05) is 25.0 Å². The summed E-state index contributed by atoms with van der Waals surface area (Å²) in [6.45, 7) is 1.60. The summed E-state index contributed by atoms with van der Waals surface area (Å²) < 4.78 is 0. The van der Waals surface area contributed by atoms with E-state index in [1.54, 1.807) is 19.1 Å². The van der Waals surface area contributed by atoms with Gasteiger partial charge in [0.1, 0.15) is 5.56 Å². The molecule has 0 aliphatic heterocycles. The second kappa shape index (κ2) is 6.00. The van der Waals surface area contributed by atoms with E-state index in [9.17, 15) is 20.0 Å². The van der Waals surface area contributed by atoms with Crippen LogP contribution in [0.25, 0.3) is 0 Å². The van der Waals surface area contributed by atoms with Gasteiger partial charge in [0.05, 0.1) is 17.1 Å². The quantitative estimate of drug-likeness (QED) is 0.652. The maximum absolute atomic E-state index is 12.2. The lowest BCUT2D eigenvalue weighted by molar-refractivity contribution is -0.385. The molecule has 1 aromatic rings. The van der Waals surface area contributed by atoms with Gasteiger partial charge in [0.15, 0.2) is 0 Å². The molecule has 1 fully saturated rings. The number of hydrogen-bond acceptors (Lipinski definition) is 4. The molecule has 0 bridgehead atoms. The molecule has 2 rings (SSSR count). The number of hydrogen-bond donors (Lipinski definition) is 2. The Morgan fingerprint density at radius 2 is 2.10 bits per heavy atom. The van der Waals surface area contributed by atoms with Crippen molar-refractivity contribution in [1.82, 2.24) is 5.32 Å². The Labute approximate surface area is 117 Å². The van der Waals surface area contributed by atoms with Crippen LogP contribution in [0, 0.1) is 17.0 Å². The first-order chi connectivity index (χ1) is 9.50. The molecule has 6 heteroatoms. The number of aliphatic hydroxyl groups is 1. The summed E-state index contributed by atoms with van der Waals surface area (Å²) in [5.41, 5.74) is 0.329. The number of rotatable bonds is 3. The Morgan fingerprint density at radius 1 is 1.40 bits per heavy atom. The number of aryl methyl sites for hydroxylation is 1. The minimum atomic E-state index is -0.573. The molecule has 1 aliphatic rings. The summed E-state index contributed by atoms with van der Waals surface area (Å²) in [4.78, 5) is 22.7. The Balaban J connectivity index is 2.21. The van der Waals surface area contributed by atoms with Crippen molar-refractivity contribution in [3.63, 3.8) is 0 Å². The molecule has 1 saturated carbocycles. The van der Waals surface area contributed by atoms with Crippen molar-refractivity contribution in [2.24, 2.45) is 0 Å². The number of carbonyl (C=O) groups excluding carboxylic acids is 1. The number of nitro groups is 1. The SMILES string of the molecule is Cc1cccc(C(=O)N[C@H]2CCCC[C@@H]2O)c1[N+](=O)[O-]. The lowest BCUT2D eigenvalue weighted by Crippen LogP contribution is -2.45. The summed E-state index contributed by atoms with van der Waals surface area (Å²) in [6.07, 6.45) is 2.67. The molecule has 1 amide bonds. The zero-order valence-corrected chi connectivity index (χ0v) is 11.3. The highest BCUT2D eigenvalue weighted by Crippen LogP contribution is 2.24. The molecular formula is C14H18N2O4. The van der Waals surface area contributed by atoms with Crippen LogP contribution in [0.3, 0.4) is 0 Å². The number of nitro benzene ring substituents is 1. The van der Waals surface area contributed by atoms with Crippen LogP contribution in [0.5, 0.6) is 0 Å². The molecule has 0 aromatic heterocycles. The molecule has 2 atom stereocenters. The molecule has 108 valence electrons. The monoisotopic (exact) mass is 278 g/mol. The first kappa shape index (κ1) is 14.5. The van der Waals surface area contributed by atoms with Gasteiger partial charge in [-0.3, -0.25) is 14.9 Å². The van der Waals surface area contributed by atoms with E-state index in [2.05, 4.69) is 5.32 Å². The van der Waals surface area contributed by atoms with E-state index in [4.69, 9.17) is 0 Å². The molecule has 6 nitrogen and oxygen atoms in total. The fraction of sp³-hybridized carbons (Fsp3) is 0.500. The van der Waals surface area contributed by atoms with Gasteiger partial charge in [0.2, 0.25) is 0 Å². The van der Waals surface area contributed by atoms with E-state index in [1.807, 2.05) is 0 Å². The largest absolute Gasteiger partial charge is 0.391 e. The lowest BCUT2D eigenvalue weighted by Gasteiger charge is -2.28. The fourth-order valence-corrected chi connectivity index (χ4v) is 2.61. The van der Waals surface area contributed by atoms with Crippen LogP contribution in [0.2, 0.25) is 0 Å². The van der Waals surface area contributed by atoms with E-state index in [1.165, 1.54) is 6.07 Å². The Bertz CT molecular complexity index is 530. The van der Waals surface area contributed by atoms with Gasteiger partial charge in [0, 0.05) is 5.56 Å². The standard InChI is InChI=1S/C14H18N2O4/c1-9-5-4-6-10(13(9)16(19)20)14(18)15-11-7-2-3-8-12(11)17/h4-6,11-12,17H,2-3,7-8H2,1H3,(H,15,18)/t11-,12-/m0/s1. The highest BCUT2D eigenvalue weighted by molar-refractivity contribution is 5.98. The Kier molecular flexibility index (Phi) is 4.34. The van der Waals surface area contributed by atoms with Gasteiger partial charge in [-0.2, -0.15) is 0 Å². The maximum atomic E-state index is 12.2. The fourth-order valence-electron chi connectivity index (χ4n) is 2.61. The molecular weight excluding hydrogens is 260 g/mol. The van der Waals surface area contributed by atoms with Crippen molar-refractivity contribution in [3.8, 4) is 0 Å². The van der Waals surface area contributed by atoms with E-state index < -0.39 is 16.9 Å². The van der Waals surface area contributed by atoms with Crippen LogP contribution in [-0.2, 0) is 0 Å². The number of aliphatic hydroxyl groups excluding tert-OH is 1. The molecule has 1 aromatic carbocycles. The first-order valence-corrected chi connectivity index (χ1v) is 6.73. The number of carbonyl (C=O) groups is 1. The Hall–Kier alpha value is -1.95. The molecule has 2 N–H and O–H groups in total. The zero-order valence-electron chi connectivity index (χ0n) is 11.3. The summed E-state index contributed by atoms with van der Waals surface area (Å²) in [5, 5.41) is 23.6. The van der Waals surface area contributed by atoms with Crippen molar-refractivity contribution in [2.45, 2.75) is 44.8 Å². The number of para-hydroxylation sites is 1. The number of amides is 1. The zero-order chi connectivity index (χ0) is 14.7. The van der Waals surface area contributed by atoms with Gasteiger partial charge in [-0.05, 0) is 25.8 Å². The van der Waals surface area contributed by atoms with Crippen LogP contribution < -0.4 is 5.32 Å². The van der Waals surface area contributed by atoms with Crippen molar-refractivity contribution < 1.29 is 14.8 Å². The Morgan fingerprint density at radius 3 is 2.75 bits per heavy atom. The average molecular weight is 278 g/mol. The van der Waals surface area contributed by atoms with Crippen molar-refractivity contribution in [3.05, 3.63) is 39.4 Å².